The first-order valence-electron chi connectivity index (χ1n) is 5.06. The van der Waals surface area contributed by atoms with Crippen LogP contribution in [0.4, 0.5) is 18.0 Å². The Morgan fingerprint density at radius 3 is 2.71 bits per heavy atom. The number of nitrogens with zero attached hydrogens (tertiary/aromatic N) is 1. The summed E-state index contributed by atoms with van der Waals surface area (Å²) in [5, 5.41) is 8.88. The van der Waals surface area contributed by atoms with E-state index in [1.54, 1.807) is 6.92 Å². The van der Waals surface area contributed by atoms with E-state index in [2.05, 4.69) is 4.74 Å². The summed E-state index contributed by atoms with van der Waals surface area (Å²) in [6.45, 7) is -0.0780. The van der Waals surface area contributed by atoms with Gasteiger partial charge in [-0.25, -0.2) is 4.79 Å². The molecule has 1 heterocycles. The lowest BCUT2D eigenvalue weighted by Crippen LogP contribution is -2.50. The minimum atomic E-state index is -4.54. The maximum Gasteiger partial charge on any atom is 0.422 e. The van der Waals surface area contributed by atoms with Gasteiger partial charge in [0.05, 0.1) is 31.9 Å². The third-order valence-corrected chi connectivity index (χ3v) is 2.15. The molecule has 1 rings (SSSR count). The molecule has 100 valence electrons. The van der Waals surface area contributed by atoms with Crippen LogP contribution in [0.15, 0.2) is 0 Å². The van der Waals surface area contributed by atoms with E-state index >= 15 is 0 Å². The van der Waals surface area contributed by atoms with Crippen LogP contribution >= 0.6 is 0 Å². The lowest BCUT2D eigenvalue weighted by atomic mass is 10.2. The van der Waals surface area contributed by atoms with Crippen molar-refractivity contribution in [3.8, 4) is 0 Å². The van der Waals surface area contributed by atoms with Gasteiger partial charge in [0.25, 0.3) is 0 Å². The Morgan fingerprint density at radius 1 is 1.53 bits per heavy atom. The number of carbonyl (C=O) groups excluding carboxylic acids is 1. The molecule has 17 heavy (non-hydrogen) atoms. The fourth-order valence-electron chi connectivity index (χ4n) is 1.53. The van der Waals surface area contributed by atoms with Gasteiger partial charge in [-0.3, -0.25) is 0 Å². The molecule has 0 aliphatic carbocycles. The first-order valence-corrected chi connectivity index (χ1v) is 5.06. The summed E-state index contributed by atoms with van der Waals surface area (Å²) in [5.74, 6) is 0. The molecule has 0 spiro atoms. The number of halogens is 3. The summed E-state index contributed by atoms with van der Waals surface area (Å²) in [6.07, 6.45) is -6.52. The normalized spacial score (nSPS) is 25.8. The molecule has 1 aliphatic rings. The van der Waals surface area contributed by atoms with Gasteiger partial charge in [-0.15, -0.1) is 0 Å². The number of morpholine rings is 1. The zero-order chi connectivity index (χ0) is 13.1. The van der Waals surface area contributed by atoms with E-state index in [4.69, 9.17) is 9.84 Å². The van der Waals surface area contributed by atoms with Crippen LogP contribution in [0.2, 0.25) is 0 Å². The van der Waals surface area contributed by atoms with Crippen molar-refractivity contribution in [2.24, 2.45) is 0 Å². The molecule has 0 aromatic heterocycles. The molecule has 1 amide bonds. The molecule has 1 N–H and O–H groups in total. The predicted molar refractivity (Wildman–Crippen MR) is 50.4 cm³/mol. The number of carbonyl (C=O) groups is 1. The average molecular weight is 257 g/mol. The van der Waals surface area contributed by atoms with E-state index in [9.17, 15) is 18.0 Å². The quantitative estimate of drug-likeness (QED) is 0.793. The Kier molecular flexibility index (Phi) is 4.58. The number of ether oxygens (including phenoxy) is 2. The number of hydrogen-bond acceptors (Lipinski definition) is 4. The fraction of sp³-hybridized carbons (Fsp3) is 0.889. The Hall–Kier alpha value is -1.02. The lowest BCUT2D eigenvalue weighted by molar-refractivity contribution is -0.165. The zero-order valence-electron chi connectivity index (χ0n) is 9.24. The minimum Gasteiger partial charge on any atom is -0.440 e. The summed E-state index contributed by atoms with van der Waals surface area (Å²) < 4.78 is 44.9. The van der Waals surface area contributed by atoms with Crippen molar-refractivity contribution in [1.82, 2.24) is 4.90 Å². The molecule has 1 fully saturated rings. The van der Waals surface area contributed by atoms with Crippen molar-refractivity contribution in [3.63, 3.8) is 0 Å². The number of alkyl halides is 3. The maximum atomic E-state index is 11.8. The van der Waals surface area contributed by atoms with Gasteiger partial charge >= 0.3 is 12.3 Å². The van der Waals surface area contributed by atoms with Crippen molar-refractivity contribution < 1.29 is 32.5 Å². The van der Waals surface area contributed by atoms with E-state index in [1.807, 2.05) is 0 Å². The van der Waals surface area contributed by atoms with Crippen LogP contribution in [0, 0.1) is 0 Å². The van der Waals surface area contributed by atoms with Gasteiger partial charge in [0.2, 0.25) is 0 Å². The van der Waals surface area contributed by atoms with Gasteiger partial charge in [0.1, 0.15) is 0 Å². The van der Waals surface area contributed by atoms with Crippen LogP contribution in [0.1, 0.15) is 6.92 Å². The van der Waals surface area contributed by atoms with Gasteiger partial charge in [0.15, 0.2) is 6.61 Å². The van der Waals surface area contributed by atoms with Crippen molar-refractivity contribution >= 4 is 6.09 Å². The zero-order valence-corrected chi connectivity index (χ0v) is 9.24. The number of rotatable bonds is 2. The Balaban J connectivity index is 2.45. The monoisotopic (exact) mass is 257 g/mol. The molecule has 2 atom stereocenters. The maximum absolute atomic E-state index is 11.8. The highest BCUT2D eigenvalue weighted by molar-refractivity contribution is 5.67. The Morgan fingerprint density at radius 2 is 2.18 bits per heavy atom. The number of amides is 1. The SMILES string of the molecule is CC1CN(C(=O)OCC(F)(F)F)CC(CO)O1. The standard InChI is InChI=1S/C9H14F3NO4/c1-6-2-13(3-7(4-14)17-6)8(15)16-5-9(10,11)12/h6-7,14H,2-5H2,1H3. The average Bonchev–Trinajstić information content (AvgIpc) is 2.23. The molecule has 5 nitrogen and oxygen atoms in total. The van der Waals surface area contributed by atoms with Crippen molar-refractivity contribution in [1.29, 1.82) is 0 Å². The van der Waals surface area contributed by atoms with E-state index in [0.717, 1.165) is 4.90 Å². The molecular formula is C9H14F3NO4. The van der Waals surface area contributed by atoms with E-state index in [-0.39, 0.29) is 25.8 Å². The topological polar surface area (TPSA) is 59.0 Å². The van der Waals surface area contributed by atoms with E-state index in [1.165, 1.54) is 0 Å². The molecule has 0 aromatic carbocycles. The Bertz CT molecular complexity index is 271. The number of aliphatic hydroxyl groups is 1. The van der Waals surface area contributed by atoms with Gasteiger partial charge < -0.3 is 19.5 Å². The lowest BCUT2D eigenvalue weighted by Gasteiger charge is -2.35. The molecule has 1 saturated heterocycles. The second-order valence-electron chi connectivity index (χ2n) is 3.83. The largest absolute Gasteiger partial charge is 0.440 e. The van der Waals surface area contributed by atoms with E-state index < -0.39 is 25.0 Å². The summed E-state index contributed by atoms with van der Waals surface area (Å²) in [5.41, 5.74) is 0. The molecule has 2 unspecified atom stereocenters. The smallest absolute Gasteiger partial charge is 0.422 e. The van der Waals surface area contributed by atoms with Crippen LogP contribution in [0.5, 0.6) is 0 Å². The Labute approximate surface area is 96.1 Å². The molecule has 0 bridgehead atoms. The van der Waals surface area contributed by atoms with Crippen LogP contribution < -0.4 is 0 Å². The second-order valence-corrected chi connectivity index (χ2v) is 3.83. The molecule has 1 aliphatic heterocycles. The van der Waals surface area contributed by atoms with E-state index in [0.29, 0.717) is 0 Å². The highest BCUT2D eigenvalue weighted by Gasteiger charge is 2.33. The number of aliphatic hydroxyl groups excluding tert-OH is 1. The van der Waals surface area contributed by atoms with Crippen molar-refractivity contribution in [3.05, 3.63) is 0 Å². The fourth-order valence-corrected chi connectivity index (χ4v) is 1.53. The molecule has 0 radical (unpaired) electrons. The van der Waals surface area contributed by atoms with Gasteiger partial charge in [-0.2, -0.15) is 13.2 Å². The first-order chi connectivity index (χ1) is 7.81. The van der Waals surface area contributed by atoms with Crippen LogP contribution in [-0.2, 0) is 9.47 Å². The predicted octanol–water partition coefficient (Wildman–Crippen LogP) is 0.767. The highest BCUT2D eigenvalue weighted by Crippen LogP contribution is 2.17. The van der Waals surface area contributed by atoms with Gasteiger partial charge in [-0.05, 0) is 6.92 Å². The summed E-state index contributed by atoms with van der Waals surface area (Å²) >= 11 is 0. The van der Waals surface area contributed by atoms with Crippen LogP contribution in [-0.4, -0.2) is 60.8 Å². The molecule has 0 saturated carbocycles. The molecule has 8 heteroatoms. The number of hydrogen-bond donors (Lipinski definition) is 1. The first kappa shape index (κ1) is 14.0. The third kappa shape index (κ3) is 4.78. The molecule has 0 aromatic rings. The van der Waals surface area contributed by atoms with Crippen LogP contribution in [0.25, 0.3) is 0 Å². The summed E-state index contributed by atoms with van der Waals surface area (Å²) in [6, 6.07) is 0. The molecular weight excluding hydrogens is 243 g/mol. The van der Waals surface area contributed by atoms with Crippen LogP contribution in [0.3, 0.4) is 0 Å². The van der Waals surface area contributed by atoms with Crippen molar-refractivity contribution in [2.75, 3.05) is 26.3 Å². The van der Waals surface area contributed by atoms with Gasteiger partial charge in [0, 0.05) is 0 Å². The minimum absolute atomic E-state index is 0.0253. The third-order valence-electron chi connectivity index (χ3n) is 2.15. The second kappa shape index (κ2) is 5.54. The highest BCUT2D eigenvalue weighted by atomic mass is 19.4. The summed E-state index contributed by atoms with van der Waals surface area (Å²) in [4.78, 5) is 12.4. The summed E-state index contributed by atoms with van der Waals surface area (Å²) in [7, 11) is 0. The van der Waals surface area contributed by atoms with Crippen molar-refractivity contribution in [2.45, 2.75) is 25.3 Å². The van der Waals surface area contributed by atoms with Gasteiger partial charge in [-0.1, -0.05) is 0 Å².